The van der Waals surface area contributed by atoms with Crippen molar-refractivity contribution < 1.29 is 4.79 Å². The molecule has 1 saturated carbocycles. The molecule has 1 aliphatic rings. The van der Waals surface area contributed by atoms with Gasteiger partial charge in [0.2, 0.25) is 5.91 Å². The average Bonchev–Trinajstić information content (AvgIpc) is 2.52. The molecule has 2 rings (SSSR count). The summed E-state index contributed by atoms with van der Waals surface area (Å²) in [4.78, 5) is 11.3. The number of benzene rings is 1. The van der Waals surface area contributed by atoms with E-state index in [2.05, 4.69) is 11.4 Å². The third-order valence-corrected chi connectivity index (χ3v) is 4.29. The van der Waals surface area contributed by atoms with Gasteiger partial charge in [-0.1, -0.05) is 31.4 Å². The van der Waals surface area contributed by atoms with Gasteiger partial charge in [-0.15, -0.1) is 0 Å². The zero-order valence-electron chi connectivity index (χ0n) is 12.3. The molecule has 1 aliphatic carbocycles. The predicted octanol–water partition coefficient (Wildman–Crippen LogP) is 2.47. The number of primary amides is 1. The second-order valence-corrected chi connectivity index (χ2v) is 5.86. The van der Waals surface area contributed by atoms with Crippen molar-refractivity contribution in [1.29, 1.82) is 5.26 Å². The first-order chi connectivity index (χ1) is 10.2. The van der Waals surface area contributed by atoms with E-state index in [1.165, 1.54) is 32.1 Å². The fraction of sp³-hybridized carbons (Fsp3) is 0.529. The lowest BCUT2D eigenvalue weighted by Gasteiger charge is -2.30. The summed E-state index contributed by atoms with van der Waals surface area (Å²) in [5, 5.41) is 12.3. The van der Waals surface area contributed by atoms with E-state index in [4.69, 9.17) is 11.0 Å². The zero-order valence-corrected chi connectivity index (χ0v) is 12.3. The van der Waals surface area contributed by atoms with Crippen LogP contribution in [0.4, 0.5) is 0 Å². The van der Waals surface area contributed by atoms with Crippen molar-refractivity contribution in [3.8, 4) is 6.07 Å². The van der Waals surface area contributed by atoms with E-state index in [1.54, 1.807) is 0 Å². The summed E-state index contributed by atoms with van der Waals surface area (Å²) in [6.45, 7) is 0.708. The molecular weight excluding hydrogens is 262 g/mol. The van der Waals surface area contributed by atoms with Crippen LogP contribution in [-0.4, -0.2) is 11.9 Å². The Labute approximate surface area is 126 Å². The van der Waals surface area contributed by atoms with Crippen LogP contribution in [0.1, 0.15) is 49.7 Å². The van der Waals surface area contributed by atoms with Gasteiger partial charge in [0.1, 0.15) is 0 Å². The Balaban J connectivity index is 1.93. The van der Waals surface area contributed by atoms with Crippen molar-refractivity contribution >= 4 is 5.91 Å². The Kier molecular flexibility index (Phi) is 5.77. The van der Waals surface area contributed by atoms with Crippen LogP contribution in [0.5, 0.6) is 0 Å². The molecule has 0 aliphatic heterocycles. The molecule has 4 heteroatoms. The van der Waals surface area contributed by atoms with Crippen LogP contribution in [0.3, 0.4) is 0 Å². The number of carbonyl (C=O) groups excluding carboxylic acids is 1. The summed E-state index contributed by atoms with van der Waals surface area (Å²) < 4.78 is 0. The number of nitriles is 1. The van der Waals surface area contributed by atoms with Gasteiger partial charge in [0.05, 0.1) is 11.6 Å². The topological polar surface area (TPSA) is 78.9 Å². The quantitative estimate of drug-likeness (QED) is 0.842. The van der Waals surface area contributed by atoms with Crippen LogP contribution in [0.15, 0.2) is 24.3 Å². The van der Waals surface area contributed by atoms with Crippen LogP contribution >= 0.6 is 0 Å². The lowest BCUT2D eigenvalue weighted by atomic mass is 9.82. The van der Waals surface area contributed by atoms with Crippen LogP contribution < -0.4 is 11.1 Å². The smallest absolute Gasteiger partial charge is 0.218 e. The van der Waals surface area contributed by atoms with Gasteiger partial charge in [0.25, 0.3) is 0 Å². The van der Waals surface area contributed by atoms with E-state index in [0.29, 0.717) is 24.4 Å². The van der Waals surface area contributed by atoms with E-state index in [-0.39, 0.29) is 11.9 Å². The van der Waals surface area contributed by atoms with Crippen LogP contribution in [0, 0.1) is 17.2 Å². The molecule has 1 unspecified atom stereocenters. The molecule has 21 heavy (non-hydrogen) atoms. The van der Waals surface area contributed by atoms with Crippen molar-refractivity contribution in [2.75, 3.05) is 0 Å². The fourth-order valence-corrected chi connectivity index (χ4v) is 3.10. The molecule has 0 saturated heterocycles. The molecule has 3 N–H and O–H groups in total. The molecular formula is C17H23N3O. The first-order valence-corrected chi connectivity index (χ1v) is 7.70. The largest absolute Gasteiger partial charge is 0.370 e. The molecule has 0 heterocycles. The van der Waals surface area contributed by atoms with Gasteiger partial charge in [-0.25, -0.2) is 0 Å². The number of rotatable bonds is 6. The third kappa shape index (κ3) is 4.87. The van der Waals surface area contributed by atoms with Crippen molar-refractivity contribution in [2.24, 2.45) is 11.7 Å². The standard InChI is InChI=1S/C17H23N3O/c18-11-13-6-8-14(9-7-13)12-20-16(10-17(19)21)15-4-2-1-3-5-15/h6-9,15-16,20H,1-5,10,12H2,(H2,19,21). The van der Waals surface area contributed by atoms with Crippen LogP contribution in [-0.2, 0) is 11.3 Å². The van der Waals surface area contributed by atoms with Gasteiger partial charge in [-0.05, 0) is 36.5 Å². The molecule has 0 aromatic heterocycles. The van der Waals surface area contributed by atoms with E-state index in [0.717, 1.165) is 5.56 Å². The van der Waals surface area contributed by atoms with Gasteiger partial charge < -0.3 is 11.1 Å². The van der Waals surface area contributed by atoms with E-state index in [1.807, 2.05) is 24.3 Å². The van der Waals surface area contributed by atoms with Crippen LogP contribution in [0.2, 0.25) is 0 Å². The summed E-state index contributed by atoms with van der Waals surface area (Å²) in [5.41, 5.74) is 7.18. The predicted molar refractivity (Wildman–Crippen MR) is 82.2 cm³/mol. The van der Waals surface area contributed by atoms with Gasteiger partial charge >= 0.3 is 0 Å². The highest BCUT2D eigenvalue weighted by Gasteiger charge is 2.24. The fourth-order valence-electron chi connectivity index (χ4n) is 3.10. The number of hydrogen-bond donors (Lipinski definition) is 2. The average molecular weight is 285 g/mol. The van der Waals surface area contributed by atoms with Crippen LogP contribution in [0.25, 0.3) is 0 Å². The molecule has 1 aromatic carbocycles. The zero-order chi connectivity index (χ0) is 15.1. The molecule has 0 radical (unpaired) electrons. The number of carbonyl (C=O) groups is 1. The number of nitrogens with two attached hydrogens (primary N) is 1. The highest BCUT2D eigenvalue weighted by Crippen LogP contribution is 2.28. The maximum atomic E-state index is 11.3. The summed E-state index contributed by atoms with van der Waals surface area (Å²) in [7, 11) is 0. The summed E-state index contributed by atoms with van der Waals surface area (Å²) >= 11 is 0. The number of hydrogen-bond acceptors (Lipinski definition) is 3. The highest BCUT2D eigenvalue weighted by molar-refractivity contribution is 5.74. The molecule has 4 nitrogen and oxygen atoms in total. The first-order valence-electron chi connectivity index (χ1n) is 7.70. The Hall–Kier alpha value is -1.86. The van der Waals surface area contributed by atoms with Gasteiger partial charge in [0.15, 0.2) is 0 Å². The normalized spacial score (nSPS) is 17.1. The van der Waals surface area contributed by atoms with Gasteiger partial charge in [0, 0.05) is 19.0 Å². The molecule has 0 spiro atoms. The monoisotopic (exact) mass is 285 g/mol. The third-order valence-electron chi connectivity index (χ3n) is 4.29. The minimum Gasteiger partial charge on any atom is -0.370 e. The van der Waals surface area contributed by atoms with E-state index < -0.39 is 0 Å². The second kappa shape index (κ2) is 7.80. The molecule has 0 bridgehead atoms. The summed E-state index contributed by atoms with van der Waals surface area (Å²) in [6.07, 6.45) is 6.56. The molecule has 1 amide bonds. The Morgan fingerprint density at radius 1 is 1.29 bits per heavy atom. The van der Waals surface area contributed by atoms with Crippen molar-refractivity contribution in [1.82, 2.24) is 5.32 Å². The number of nitrogens with zero attached hydrogens (tertiary/aromatic N) is 1. The van der Waals surface area contributed by atoms with E-state index in [9.17, 15) is 4.79 Å². The SMILES string of the molecule is N#Cc1ccc(CNC(CC(N)=O)C2CCCCC2)cc1. The lowest BCUT2D eigenvalue weighted by Crippen LogP contribution is -2.40. The van der Waals surface area contributed by atoms with Gasteiger partial charge in [-0.3, -0.25) is 4.79 Å². The molecule has 112 valence electrons. The lowest BCUT2D eigenvalue weighted by molar-refractivity contribution is -0.118. The number of nitrogens with one attached hydrogen (secondary N) is 1. The minimum absolute atomic E-state index is 0.165. The second-order valence-electron chi connectivity index (χ2n) is 5.86. The van der Waals surface area contributed by atoms with Gasteiger partial charge in [-0.2, -0.15) is 5.26 Å². The maximum Gasteiger partial charge on any atom is 0.218 e. The Bertz CT molecular complexity index is 498. The first kappa shape index (κ1) is 15.5. The summed E-state index contributed by atoms with van der Waals surface area (Å²) in [6, 6.07) is 9.83. The highest BCUT2D eigenvalue weighted by atomic mass is 16.1. The Morgan fingerprint density at radius 2 is 1.95 bits per heavy atom. The summed E-state index contributed by atoms with van der Waals surface area (Å²) in [5.74, 6) is 0.308. The number of amides is 1. The van der Waals surface area contributed by atoms with Crippen molar-refractivity contribution in [2.45, 2.75) is 51.1 Å². The van der Waals surface area contributed by atoms with Crippen molar-refractivity contribution in [3.63, 3.8) is 0 Å². The minimum atomic E-state index is -0.238. The van der Waals surface area contributed by atoms with Crippen molar-refractivity contribution in [3.05, 3.63) is 35.4 Å². The maximum absolute atomic E-state index is 11.3. The molecule has 1 fully saturated rings. The molecule has 1 atom stereocenters. The molecule has 1 aromatic rings. The van der Waals surface area contributed by atoms with E-state index >= 15 is 0 Å². The Morgan fingerprint density at radius 3 is 2.52 bits per heavy atom.